The number of aromatic nitrogens is 2. The maximum absolute atomic E-state index is 12.1. The summed E-state index contributed by atoms with van der Waals surface area (Å²) in [5.74, 6) is 0.0180. The van der Waals surface area contributed by atoms with Crippen LogP contribution < -0.4 is 0 Å². The Morgan fingerprint density at radius 1 is 1.12 bits per heavy atom. The molecule has 124 valence electrons. The van der Waals surface area contributed by atoms with Crippen molar-refractivity contribution in [1.82, 2.24) is 15.0 Å². The van der Waals surface area contributed by atoms with Crippen molar-refractivity contribution in [1.29, 1.82) is 0 Å². The topological polar surface area (TPSA) is 78.7 Å². The Balaban J connectivity index is 1.74. The number of carbonyl (C=O) groups excluding carboxylic acids is 1. The summed E-state index contributed by atoms with van der Waals surface area (Å²) in [4.78, 5) is 20.7. The first kappa shape index (κ1) is 15.3. The van der Waals surface area contributed by atoms with Gasteiger partial charge in [0.2, 0.25) is 5.91 Å². The fraction of sp³-hybridized carbons (Fsp3) is 0.158. The van der Waals surface area contributed by atoms with E-state index in [0.29, 0.717) is 17.7 Å². The average molecular weight is 332 g/mol. The maximum Gasteiger partial charge on any atom is 0.240 e. The summed E-state index contributed by atoms with van der Waals surface area (Å²) in [5.41, 5.74) is 3.87. The molecule has 2 heterocycles. The number of fused-ring (bicyclic) bond motifs is 1. The molecule has 1 aliphatic rings. The van der Waals surface area contributed by atoms with Gasteiger partial charge in [-0.3, -0.25) is 14.8 Å². The zero-order valence-corrected chi connectivity index (χ0v) is 13.6. The van der Waals surface area contributed by atoms with Gasteiger partial charge < -0.3 is 5.11 Å². The zero-order valence-electron chi connectivity index (χ0n) is 13.6. The van der Waals surface area contributed by atoms with Crippen molar-refractivity contribution >= 4 is 22.7 Å². The molecule has 0 fully saturated rings. The number of amides is 1. The first-order valence-electron chi connectivity index (χ1n) is 8.00. The summed E-state index contributed by atoms with van der Waals surface area (Å²) in [6.07, 6.45) is 3.83. The van der Waals surface area contributed by atoms with Crippen LogP contribution in [0.2, 0.25) is 0 Å². The van der Waals surface area contributed by atoms with Gasteiger partial charge in [-0.1, -0.05) is 18.2 Å². The minimum Gasteiger partial charge on any atom is -0.507 e. The van der Waals surface area contributed by atoms with E-state index in [0.717, 1.165) is 16.6 Å². The van der Waals surface area contributed by atoms with Gasteiger partial charge in [0.15, 0.2) is 0 Å². The number of nitrogens with zero attached hydrogens (tertiary/aromatic N) is 4. The highest BCUT2D eigenvalue weighted by atomic mass is 16.3. The molecule has 0 saturated heterocycles. The Bertz CT molecular complexity index is 999. The minimum absolute atomic E-state index is 0.144. The predicted molar refractivity (Wildman–Crippen MR) is 94.1 cm³/mol. The van der Waals surface area contributed by atoms with E-state index in [4.69, 9.17) is 0 Å². The summed E-state index contributed by atoms with van der Waals surface area (Å²) in [6.45, 7) is 1.49. The van der Waals surface area contributed by atoms with E-state index in [2.05, 4.69) is 15.1 Å². The summed E-state index contributed by atoms with van der Waals surface area (Å²) in [5, 5.41) is 16.0. The van der Waals surface area contributed by atoms with Crippen LogP contribution in [0.15, 0.2) is 60.0 Å². The Kier molecular flexibility index (Phi) is 3.65. The molecule has 6 nitrogen and oxygen atoms in total. The molecular formula is C19H16N4O2. The number of aromatic hydroxyl groups is 1. The molecule has 0 aliphatic carbocycles. The standard InChI is InChI=1S/C19H16N4O2/c1-12(24)23-18(11-16(22-23)14-4-2-3-5-19(14)25)13-6-7-15-17(10-13)21-9-8-20-15/h2-10,18,25H,11H2,1H3/t18-/m1/s1. The third kappa shape index (κ3) is 2.71. The number of hydrazone groups is 1. The highest BCUT2D eigenvalue weighted by molar-refractivity contribution is 6.05. The van der Waals surface area contributed by atoms with Crippen molar-refractivity contribution in [2.24, 2.45) is 5.10 Å². The molecule has 1 aromatic heterocycles. The lowest BCUT2D eigenvalue weighted by molar-refractivity contribution is -0.130. The van der Waals surface area contributed by atoms with Gasteiger partial charge in [0.1, 0.15) is 5.75 Å². The van der Waals surface area contributed by atoms with Crippen LogP contribution in [0.1, 0.15) is 30.5 Å². The molecule has 0 radical (unpaired) electrons. The van der Waals surface area contributed by atoms with E-state index in [1.165, 1.54) is 11.9 Å². The SMILES string of the molecule is CC(=O)N1N=C(c2ccccc2O)C[C@@H]1c1ccc2nccnc2c1. The lowest BCUT2D eigenvalue weighted by Crippen LogP contribution is -2.24. The van der Waals surface area contributed by atoms with E-state index < -0.39 is 0 Å². The van der Waals surface area contributed by atoms with E-state index in [1.807, 2.05) is 24.3 Å². The van der Waals surface area contributed by atoms with Gasteiger partial charge in [-0.05, 0) is 29.8 Å². The van der Waals surface area contributed by atoms with Crippen LogP contribution in [0, 0.1) is 0 Å². The van der Waals surface area contributed by atoms with Crippen LogP contribution in [0.25, 0.3) is 11.0 Å². The fourth-order valence-corrected chi connectivity index (χ4v) is 3.13. The highest BCUT2D eigenvalue weighted by Gasteiger charge is 2.32. The van der Waals surface area contributed by atoms with Gasteiger partial charge in [0.05, 0.1) is 22.8 Å². The minimum atomic E-state index is -0.224. The lowest BCUT2D eigenvalue weighted by Gasteiger charge is -2.20. The second kappa shape index (κ2) is 5.98. The molecule has 0 unspecified atom stereocenters. The molecule has 0 saturated carbocycles. The Labute approximate surface area is 144 Å². The second-order valence-corrected chi connectivity index (χ2v) is 5.95. The van der Waals surface area contributed by atoms with Crippen LogP contribution in [-0.2, 0) is 4.79 Å². The maximum atomic E-state index is 12.1. The Morgan fingerprint density at radius 3 is 2.64 bits per heavy atom. The molecule has 1 aliphatic heterocycles. The number of phenols is 1. The van der Waals surface area contributed by atoms with E-state index >= 15 is 0 Å². The normalized spacial score (nSPS) is 16.9. The number of hydrogen-bond donors (Lipinski definition) is 1. The molecule has 1 N–H and O–H groups in total. The van der Waals surface area contributed by atoms with Crippen LogP contribution in [0.3, 0.4) is 0 Å². The average Bonchev–Trinajstić information content (AvgIpc) is 3.07. The molecule has 0 spiro atoms. The van der Waals surface area contributed by atoms with Crippen molar-refractivity contribution < 1.29 is 9.90 Å². The number of benzene rings is 2. The highest BCUT2D eigenvalue weighted by Crippen LogP contribution is 2.35. The van der Waals surface area contributed by atoms with Crippen LogP contribution in [-0.4, -0.2) is 31.7 Å². The number of phenolic OH excluding ortho intramolecular Hbond substituents is 1. The first-order chi connectivity index (χ1) is 12.1. The van der Waals surface area contributed by atoms with Crippen LogP contribution in [0.5, 0.6) is 5.75 Å². The van der Waals surface area contributed by atoms with Gasteiger partial charge in [0.25, 0.3) is 0 Å². The fourth-order valence-electron chi connectivity index (χ4n) is 3.13. The second-order valence-electron chi connectivity index (χ2n) is 5.95. The largest absolute Gasteiger partial charge is 0.507 e. The Hall–Kier alpha value is -3.28. The number of para-hydroxylation sites is 1. The summed E-state index contributed by atoms with van der Waals surface area (Å²) < 4.78 is 0. The lowest BCUT2D eigenvalue weighted by atomic mass is 9.97. The number of carbonyl (C=O) groups is 1. The van der Waals surface area contributed by atoms with Gasteiger partial charge in [0, 0.05) is 31.3 Å². The quantitative estimate of drug-likeness (QED) is 0.782. The van der Waals surface area contributed by atoms with Crippen LogP contribution in [0.4, 0.5) is 0 Å². The molecule has 25 heavy (non-hydrogen) atoms. The third-order valence-corrected chi connectivity index (χ3v) is 4.33. The molecule has 0 bridgehead atoms. The molecule has 2 aromatic carbocycles. The summed E-state index contributed by atoms with van der Waals surface area (Å²) in [6, 6.07) is 12.6. The molecule has 1 amide bonds. The molecular weight excluding hydrogens is 316 g/mol. The zero-order chi connectivity index (χ0) is 17.4. The number of hydrogen-bond acceptors (Lipinski definition) is 5. The molecule has 1 atom stereocenters. The van der Waals surface area contributed by atoms with E-state index in [-0.39, 0.29) is 17.7 Å². The number of rotatable bonds is 2. The molecule has 6 heteroatoms. The van der Waals surface area contributed by atoms with Crippen LogP contribution >= 0.6 is 0 Å². The van der Waals surface area contributed by atoms with Crippen molar-refractivity contribution in [3.63, 3.8) is 0 Å². The summed E-state index contributed by atoms with van der Waals surface area (Å²) in [7, 11) is 0. The smallest absolute Gasteiger partial charge is 0.240 e. The summed E-state index contributed by atoms with van der Waals surface area (Å²) >= 11 is 0. The third-order valence-electron chi connectivity index (χ3n) is 4.33. The van der Waals surface area contributed by atoms with E-state index in [9.17, 15) is 9.90 Å². The molecule has 3 aromatic rings. The van der Waals surface area contributed by atoms with Crippen molar-refractivity contribution in [2.45, 2.75) is 19.4 Å². The first-order valence-corrected chi connectivity index (χ1v) is 8.00. The van der Waals surface area contributed by atoms with Gasteiger partial charge >= 0.3 is 0 Å². The van der Waals surface area contributed by atoms with Gasteiger partial charge in [-0.25, -0.2) is 5.01 Å². The predicted octanol–water partition coefficient (Wildman–Crippen LogP) is 3.03. The van der Waals surface area contributed by atoms with Crippen molar-refractivity contribution in [3.8, 4) is 5.75 Å². The van der Waals surface area contributed by atoms with Gasteiger partial charge in [-0.15, -0.1) is 0 Å². The monoisotopic (exact) mass is 332 g/mol. The Morgan fingerprint density at radius 2 is 1.88 bits per heavy atom. The molecule has 4 rings (SSSR count). The van der Waals surface area contributed by atoms with Crippen molar-refractivity contribution in [3.05, 3.63) is 66.0 Å². The van der Waals surface area contributed by atoms with Gasteiger partial charge in [-0.2, -0.15) is 5.10 Å². The van der Waals surface area contributed by atoms with E-state index in [1.54, 1.807) is 30.6 Å². The van der Waals surface area contributed by atoms with Crippen molar-refractivity contribution in [2.75, 3.05) is 0 Å².